The Labute approximate surface area is 117 Å². The minimum Gasteiger partial charge on any atom is -0.373 e. The molecule has 0 spiro atoms. The van der Waals surface area contributed by atoms with Crippen molar-refractivity contribution in [1.82, 2.24) is 9.97 Å². The van der Waals surface area contributed by atoms with E-state index in [4.69, 9.17) is 0 Å². The minimum absolute atomic E-state index is 0.734. The number of hydrogen-bond donors (Lipinski definition) is 2. The van der Waals surface area contributed by atoms with Gasteiger partial charge in [0, 0.05) is 19.2 Å². The summed E-state index contributed by atoms with van der Waals surface area (Å²) in [5.74, 6) is 2.65. The molecule has 0 amide bonds. The maximum atomic E-state index is 4.38. The molecule has 19 heavy (non-hydrogen) atoms. The topological polar surface area (TPSA) is 49.8 Å². The summed E-state index contributed by atoms with van der Waals surface area (Å²) in [6, 6.07) is 0. The molecule has 0 aliphatic carbocycles. The van der Waals surface area contributed by atoms with Crippen molar-refractivity contribution in [1.29, 1.82) is 0 Å². The van der Waals surface area contributed by atoms with Gasteiger partial charge in [0.25, 0.3) is 0 Å². The Bertz CT molecular complexity index is 365. The third-order valence-corrected chi connectivity index (χ3v) is 3.64. The average molecular weight is 264 g/mol. The highest BCUT2D eigenvalue weighted by atomic mass is 15.1. The maximum absolute atomic E-state index is 4.38. The molecule has 4 heteroatoms. The third-order valence-electron chi connectivity index (χ3n) is 3.64. The number of nitrogens with one attached hydrogen (secondary N) is 2. The summed E-state index contributed by atoms with van der Waals surface area (Å²) in [7, 11) is 1.90. The van der Waals surface area contributed by atoms with Gasteiger partial charge in [-0.25, -0.2) is 9.97 Å². The quantitative estimate of drug-likeness (QED) is 0.714. The summed E-state index contributed by atoms with van der Waals surface area (Å²) in [4.78, 5) is 8.65. The lowest BCUT2D eigenvalue weighted by atomic mass is 9.99. The maximum Gasteiger partial charge on any atom is 0.134 e. The first-order chi connectivity index (χ1) is 9.26. The lowest BCUT2D eigenvalue weighted by Gasteiger charge is -2.18. The van der Waals surface area contributed by atoms with E-state index in [9.17, 15) is 0 Å². The smallest absolute Gasteiger partial charge is 0.134 e. The van der Waals surface area contributed by atoms with Gasteiger partial charge >= 0.3 is 0 Å². The number of hydrogen-bond acceptors (Lipinski definition) is 4. The molecule has 0 saturated carbocycles. The molecular formula is C15H28N4. The Morgan fingerprint density at radius 2 is 1.89 bits per heavy atom. The molecule has 1 rings (SSSR count). The zero-order chi connectivity index (χ0) is 14.1. The van der Waals surface area contributed by atoms with E-state index in [0.717, 1.165) is 30.5 Å². The van der Waals surface area contributed by atoms with Crippen LogP contribution in [0.1, 0.15) is 52.0 Å². The van der Waals surface area contributed by atoms with E-state index < -0.39 is 0 Å². The van der Waals surface area contributed by atoms with Crippen LogP contribution in [0.25, 0.3) is 0 Å². The van der Waals surface area contributed by atoms with Gasteiger partial charge in [0.1, 0.15) is 18.0 Å². The second-order valence-electron chi connectivity index (χ2n) is 4.95. The zero-order valence-electron chi connectivity index (χ0n) is 12.8. The SMILES string of the molecule is CCCCC(CC)CNc1ncnc(NC)c1CC. The molecule has 2 N–H and O–H groups in total. The summed E-state index contributed by atoms with van der Waals surface area (Å²) in [5.41, 5.74) is 1.18. The standard InChI is InChI=1S/C15H28N4/c1-5-8-9-12(6-2)10-17-15-13(7-3)14(16-4)18-11-19-15/h11-12H,5-10H2,1-4H3,(H2,16,17,18,19). The van der Waals surface area contributed by atoms with E-state index in [1.807, 2.05) is 7.05 Å². The van der Waals surface area contributed by atoms with Gasteiger partial charge < -0.3 is 10.6 Å². The average Bonchev–Trinajstić information content (AvgIpc) is 2.46. The lowest BCUT2D eigenvalue weighted by Crippen LogP contribution is -2.16. The Balaban J connectivity index is 2.65. The first kappa shape index (κ1) is 15.7. The lowest BCUT2D eigenvalue weighted by molar-refractivity contribution is 0.472. The molecule has 1 atom stereocenters. The number of unbranched alkanes of at least 4 members (excludes halogenated alkanes) is 1. The molecule has 1 aromatic rings. The summed E-state index contributed by atoms with van der Waals surface area (Å²) < 4.78 is 0. The van der Waals surface area contributed by atoms with Crippen molar-refractivity contribution in [3.05, 3.63) is 11.9 Å². The number of rotatable bonds is 9. The summed E-state index contributed by atoms with van der Waals surface area (Å²) >= 11 is 0. The van der Waals surface area contributed by atoms with E-state index in [-0.39, 0.29) is 0 Å². The molecule has 1 aromatic heterocycles. The Hall–Kier alpha value is -1.32. The van der Waals surface area contributed by atoms with Crippen molar-refractivity contribution < 1.29 is 0 Å². The van der Waals surface area contributed by atoms with Gasteiger partial charge in [-0.1, -0.05) is 40.0 Å². The monoisotopic (exact) mass is 264 g/mol. The van der Waals surface area contributed by atoms with Gasteiger partial charge in [-0.05, 0) is 18.8 Å². The zero-order valence-corrected chi connectivity index (χ0v) is 12.8. The van der Waals surface area contributed by atoms with Crippen LogP contribution in [-0.2, 0) is 6.42 Å². The van der Waals surface area contributed by atoms with Gasteiger partial charge in [-0.3, -0.25) is 0 Å². The number of anilines is 2. The molecule has 0 saturated heterocycles. The van der Waals surface area contributed by atoms with Crippen molar-refractivity contribution in [2.75, 3.05) is 24.2 Å². The molecular weight excluding hydrogens is 236 g/mol. The van der Waals surface area contributed by atoms with Gasteiger partial charge in [0.2, 0.25) is 0 Å². The Morgan fingerprint density at radius 3 is 2.47 bits per heavy atom. The predicted octanol–water partition coefficient (Wildman–Crippen LogP) is 3.71. The molecule has 1 unspecified atom stereocenters. The van der Waals surface area contributed by atoms with Crippen LogP contribution in [0.3, 0.4) is 0 Å². The van der Waals surface area contributed by atoms with Gasteiger partial charge in [0.05, 0.1) is 0 Å². The molecule has 0 bridgehead atoms. The van der Waals surface area contributed by atoms with E-state index >= 15 is 0 Å². The van der Waals surface area contributed by atoms with E-state index in [0.29, 0.717) is 0 Å². The minimum atomic E-state index is 0.734. The van der Waals surface area contributed by atoms with Crippen LogP contribution in [0.4, 0.5) is 11.6 Å². The molecule has 0 aliphatic heterocycles. The van der Waals surface area contributed by atoms with Crippen molar-refractivity contribution >= 4 is 11.6 Å². The first-order valence-corrected chi connectivity index (χ1v) is 7.52. The van der Waals surface area contributed by atoms with Crippen LogP contribution >= 0.6 is 0 Å². The second kappa shape index (κ2) is 8.73. The molecule has 0 aromatic carbocycles. The number of aromatic nitrogens is 2. The van der Waals surface area contributed by atoms with Gasteiger partial charge in [-0.15, -0.1) is 0 Å². The fourth-order valence-corrected chi connectivity index (χ4v) is 2.30. The van der Waals surface area contributed by atoms with Crippen LogP contribution in [-0.4, -0.2) is 23.6 Å². The molecule has 4 nitrogen and oxygen atoms in total. The van der Waals surface area contributed by atoms with Crippen LogP contribution in [0.2, 0.25) is 0 Å². The van der Waals surface area contributed by atoms with Crippen molar-refractivity contribution in [2.45, 2.75) is 52.9 Å². The Morgan fingerprint density at radius 1 is 1.16 bits per heavy atom. The summed E-state index contributed by atoms with van der Waals surface area (Å²) in [6.45, 7) is 7.66. The van der Waals surface area contributed by atoms with Crippen molar-refractivity contribution in [3.63, 3.8) is 0 Å². The van der Waals surface area contributed by atoms with Crippen molar-refractivity contribution in [2.24, 2.45) is 5.92 Å². The molecule has 1 heterocycles. The highest BCUT2D eigenvalue weighted by Crippen LogP contribution is 2.21. The third kappa shape index (κ3) is 4.69. The molecule has 0 aliphatic rings. The normalized spacial score (nSPS) is 12.2. The molecule has 108 valence electrons. The van der Waals surface area contributed by atoms with E-state index in [1.54, 1.807) is 6.33 Å². The van der Waals surface area contributed by atoms with Crippen LogP contribution < -0.4 is 10.6 Å². The van der Waals surface area contributed by atoms with Gasteiger partial charge in [-0.2, -0.15) is 0 Å². The fraction of sp³-hybridized carbons (Fsp3) is 0.733. The summed E-state index contributed by atoms with van der Waals surface area (Å²) in [6.07, 6.45) is 7.66. The van der Waals surface area contributed by atoms with Gasteiger partial charge in [0.15, 0.2) is 0 Å². The van der Waals surface area contributed by atoms with Crippen LogP contribution in [0.15, 0.2) is 6.33 Å². The highest BCUT2D eigenvalue weighted by Gasteiger charge is 2.11. The first-order valence-electron chi connectivity index (χ1n) is 7.52. The van der Waals surface area contributed by atoms with Crippen molar-refractivity contribution in [3.8, 4) is 0 Å². The van der Waals surface area contributed by atoms with E-state index in [1.165, 1.54) is 31.2 Å². The van der Waals surface area contributed by atoms with Crippen LogP contribution in [0.5, 0.6) is 0 Å². The highest BCUT2D eigenvalue weighted by molar-refractivity contribution is 5.57. The second-order valence-corrected chi connectivity index (χ2v) is 4.95. The van der Waals surface area contributed by atoms with Crippen LogP contribution in [0, 0.1) is 5.92 Å². The largest absolute Gasteiger partial charge is 0.373 e. The van der Waals surface area contributed by atoms with E-state index in [2.05, 4.69) is 41.4 Å². The number of nitrogens with zero attached hydrogens (tertiary/aromatic N) is 2. The Kier molecular flexibility index (Phi) is 7.23. The predicted molar refractivity (Wildman–Crippen MR) is 82.8 cm³/mol. The molecule has 0 fully saturated rings. The molecule has 0 radical (unpaired) electrons. The summed E-state index contributed by atoms with van der Waals surface area (Å²) in [5, 5.41) is 6.64. The fourth-order valence-electron chi connectivity index (χ4n) is 2.30.